The van der Waals surface area contributed by atoms with Crippen LogP contribution < -0.4 is 9.47 Å². The van der Waals surface area contributed by atoms with Crippen molar-refractivity contribution in [3.8, 4) is 11.5 Å². The molecule has 84 valence electrons. The average molecular weight is 218 g/mol. The lowest BCUT2D eigenvalue weighted by Crippen LogP contribution is -2.08. The van der Waals surface area contributed by atoms with Gasteiger partial charge in [-0.3, -0.25) is 0 Å². The topological polar surface area (TPSA) is 38.7 Å². The second-order valence-electron chi connectivity index (χ2n) is 2.85. The Morgan fingerprint density at radius 2 is 2.07 bits per heavy atom. The molecule has 5 heteroatoms. The molecule has 0 spiro atoms. The maximum atomic E-state index is 11.9. The molecule has 0 saturated heterocycles. The Kier molecular flexibility index (Phi) is 4.30. The highest BCUT2D eigenvalue weighted by molar-refractivity contribution is 5.42. The summed E-state index contributed by atoms with van der Waals surface area (Å²) in [7, 11) is 1.42. The summed E-state index contributed by atoms with van der Waals surface area (Å²) < 4.78 is 33.6. The number of hydrogen-bond donors (Lipinski definition) is 1. The summed E-state index contributed by atoms with van der Waals surface area (Å²) in [6, 6.07) is 4.67. The monoisotopic (exact) mass is 218 g/mol. The fraction of sp³-hybridized carbons (Fsp3) is 0.400. The Balaban J connectivity index is 2.81. The Morgan fingerprint density at radius 3 is 2.60 bits per heavy atom. The van der Waals surface area contributed by atoms with E-state index in [1.807, 2.05) is 0 Å². The third kappa shape index (κ3) is 3.36. The van der Waals surface area contributed by atoms with Gasteiger partial charge < -0.3 is 14.6 Å². The first-order valence-corrected chi connectivity index (χ1v) is 4.36. The molecule has 0 saturated carbocycles. The molecule has 0 heterocycles. The van der Waals surface area contributed by atoms with Crippen LogP contribution in [0.3, 0.4) is 0 Å². The first-order chi connectivity index (χ1) is 7.17. The summed E-state index contributed by atoms with van der Waals surface area (Å²) in [4.78, 5) is 0. The van der Waals surface area contributed by atoms with Crippen molar-refractivity contribution in [3.63, 3.8) is 0 Å². The maximum absolute atomic E-state index is 11.9. The number of ether oxygens (including phenoxy) is 2. The third-order valence-corrected chi connectivity index (χ3v) is 1.78. The highest BCUT2D eigenvalue weighted by Gasteiger charge is 2.09. The summed E-state index contributed by atoms with van der Waals surface area (Å²) >= 11 is 0. The van der Waals surface area contributed by atoms with Crippen LogP contribution in [0.2, 0.25) is 0 Å². The van der Waals surface area contributed by atoms with Gasteiger partial charge in [-0.1, -0.05) is 6.07 Å². The molecule has 0 bridgehead atoms. The molecule has 0 amide bonds. The molecule has 3 nitrogen and oxygen atoms in total. The minimum atomic E-state index is -2.53. The van der Waals surface area contributed by atoms with Crippen molar-refractivity contribution in [1.82, 2.24) is 0 Å². The van der Waals surface area contributed by atoms with Gasteiger partial charge in [0.25, 0.3) is 6.43 Å². The molecule has 1 aromatic carbocycles. The number of aliphatic hydroxyl groups is 1. The van der Waals surface area contributed by atoms with Crippen molar-refractivity contribution in [2.75, 3.05) is 13.7 Å². The standard InChI is InChI=1S/C10H12F2O3/c1-14-8-3-2-7(5-13)4-9(8)15-6-10(11)12/h2-4,10,13H,5-6H2,1H3. The number of hydrogen-bond acceptors (Lipinski definition) is 3. The van der Waals surface area contributed by atoms with E-state index in [0.717, 1.165) is 0 Å². The van der Waals surface area contributed by atoms with Crippen LogP contribution in [0.15, 0.2) is 18.2 Å². The molecule has 0 atom stereocenters. The summed E-state index contributed by atoms with van der Waals surface area (Å²) in [6.07, 6.45) is -2.53. The molecule has 0 aliphatic heterocycles. The van der Waals surface area contributed by atoms with Gasteiger partial charge in [0, 0.05) is 0 Å². The molecular weight excluding hydrogens is 206 g/mol. The van der Waals surface area contributed by atoms with Gasteiger partial charge in [-0.25, -0.2) is 8.78 Å². The van der Waals surface area contributed by atoms with E-state index >= 15 is 0 Å². The summed E-state index contributed by atoms with van der Waals surface area (Å²) in [5.74, 6) is 0.581. The van der Waals surface area contributed by atoms with Crippen molar-refractivity contribution in [2.24, 2.45) is 0 Å². The molecule has 0 unspecified atom stereocenters. The minimum absolute atomic E-state index is 0.172. The summed E-state index contributed by atoms with van der Waals surface area (Å²) in [5.41, 5.74) is 0.583. The van der Waals surface area contributed by atoms with Crippen LogP contribution in [0.25, 0.3) is 0 Å². The third-order valence-electron chi connectivity index (χ3n) is 1.78. The Labute approximate surface area is 86.2 Å². The highest BCUT2D eigenvalue weighted by atomic mass is 19.3. The van der Waals surface area contributed by atoms with E-state index in [4.69, 9.17) is 14.6 Å². The minimum Gasteiger partial charge on any atom is -0.493 e. The normalized spacial score (nSPS) is 10.5. The van der Waals surface area contributed by atoms with Gasteiger partial charge in [0.15, 0.2) is 11.5 Å². The van der Waals surface area contributed by atoms with Gasteiger partial charge in [0.2, 0.25) is 0 Å². The van der Waals surface area contributed by atoms with E-state index in [1.54, 1.807) is 12.1 Å². The van der Waals surface area contributed by atoms with Crippen LogP contribution in [-0.2, 0) is 6.61 Å². The second kappa shape index (κ2) is 5.50. The quantitative estimate of drug-likeness (QED) is 0.819. The van der Waals surface area contributed by atoms with Gasteiger partial charge >= 0.3 is 0 Å². The zero-order valence-corrected chi connectivity index (χ0v) is 8.24. The van der Waals surface area contributed by atoms with Gasteiger partial charge in [-0.15, -0.1) is 0 Å². The van der Waals surface area contributed by atoms with Gasteiger partial charge in [0.1, 0.15) is 6.61 Å². The fourth-order valence-corrected chi connectivity index (χ4v) is 1.09. The van der Waals surface area contributed by atoms with E-state index in [9.17, 15) is 8.78 Å². The zero-order chi connectivity index (χ0) is 11.3. The molecule has 1 rings (SSSR count). The summed E-state index contributed by atoms with van der Waals surface area (Å²) in [6.45, 7) is -0.861. The number of halogens is 2. The highest BCUT2D eigenvalue weighted by Crippen LogP contribution is 2.28. The van der Waals surface area contributed by atoms with Crippen molar-refractivity contribution in [1.29, 1.82) is 0 Å². The number of benzene rings is 1. The van der Waals surface area contributed by atoms with Crippen LogP contribution in [0.5, 0.6) is 11.5 Å². The fourth-order valence-electron chi connectivity index (χ4n) is 1.09. The van der Waals surface area contributed by atoms with E-state index < -0.39 is 13.0 Å². The average Bonchev–Trinajstić information content (AvgIpc) is 2.25. The molecule has 0 radical (unpaired) electrons. The SMILES string of the molecule is COc1ccc(CO)cc1OCC(F)F. The summed E-state index contributed by atoms with van der Waals surface area (Å²) in [5, 5.41) is 8.86. The number of aliphatic hydroxyl groups excluding tert-OH is 1. The van der Waals surface area contributed by atoms with Crippen LogP contribution in [0.1, 0.15) is 5.56 Å². The lowest BCUT2D eigenvalue weighted by Gasteiger charge is -2.11. The van der Waals surface area contributed by atoms with Crippen molar-refractivity contribution < 1.29 is 23.4 Å². The predicted octanol–water partition coefficient (Wildman–Crippen LogP) is 1.83. The van der Waals surface area contributed by atoms with E-state index in [1.165, 1.54) is 13.2 Å². The number of methoxy groups -OCH3 is 1. The molecule has 1 N–H and O–H groups in total. The van der Waals surface area contributed by atoms with Crippen LogP contribution in [-0.4, -0.2) is 25.2 Å². The first kappa shape index (κ1) is 11.7. The van der Waals surface area contributed by atoms with Crippen LogP contribution in [0.4, 0.5) is 8.78 Å². The Bertz CT molecular complexity index is 316. The lowest BCUT2D eigenvalue weighted by atomic mass is 10.2. The predicted molar refractivity (Wildman–Crippen MR) is 50.4 cm³/mol. The largest absolute Gasteiger partial charge is 0.493 e. The Hall–Kier alpha value is -1.36. The van der Waals surface area contributed by atoms with E-state index in [2.05, 4.69) is 0 Å². The van der Waals surface area contributed by atoms with E-state index in [0.29, 0.717) is 11.3 Å². The Morgan fingerprint density at radius 1 is 1.33 bits per heavy atom. The van der Waals surface area contributed by atoms with Gasteiger partial charge in [0.05, 0.1) is 13.7 Å². The maximum Gasteiger partial charge on any atom is 0.272 e. The van der Waals surface area contributed by atoms with Crippen molar-refractivity contribution in [2.45, 2.75) is 13.0 Å². The second-order valence-corrected chi connectivity index (χ2v) is 2.85. The van der Waals surface area contributed by atoms with Crippen LogP contribution in [0, 0.1) is 0 Å². The number of rotatable bonds is 5. The molecular formula is C10H12F2O3. The van der Waals surface area contributed by atoms with E-state index in [-0.39, 0.29) is 12.4 Å². The molecule has 0 aliphatic carbocycles. The van der Waals surface area contributed by atoms with Crippen LogP contribution >= 0.6 is 0 Å². The molecule has 0 fully saturated rings. The lowest BCUT2D eigenvalue weighted by molar-refractivity contribution is 0.0803. The number of alkyl halides is 2. The van der Waals surface area contributed by atoms with Gasteiger partial charge in [-0.2, -0.15) is 0 Å². The van der Waals surface area contributed by atoms with Gasteiger partial charge in [-0.05, 0) is 17.7 Å². The van der Waals surface area contributed by atoms with Crippen molar-refractivity contribution in [3.05, 3.63) is 23.8 Å². The molecule has 1 aromatic rings. The smallest absolute Gasteiger partial charge is 0.272 e. The zero-order valence-electron chi connectivity index (χ0n) is 8.24. The molecule has 0 aliphatic rings. The molecule has 15 heavy (non-hydrogen) atoms. The first-order valence-electron chi connectivity index (χ1n) is 4.36. The van der Waals surface area contributed by atoms with Crippen molar-refractivity contribution >= 4 is 0 Å². The molecule has 0 aromatic heterocycles.